The van der Waals surface area contributed by atoms with E-state index in [1.54, 1.807) is 0 Å². The molecule has 0 heterocycles. The van der Waals surface area contributed by atoms with Crippen molar-refractivity contribution in [2.75, 3.05) is 26.7 Å². The van der Waals surface area contributed by atoms with Crippen LogP contribution in [0.1, 0.15) is 19.3 Å². The van der Waals surface area contributed by atoms with E-state index in [9.17, 15) is 13.2 Å². The number of unbranched alkanes of at least 4 members (excludes halogenated alkanes) is 2. The molecule has 0 bridgehead atoms. The van der Waals surface area contributed by atoms with Crippen LogP contribution in [0.3, 0.4) is 0 Å². The van der Waals surface area contributed by atoms with Crippen LogP contribution in [0.25, 0.3) is 0 Å². The first-order chi connectivity index (χ1) is 8.29. The summed E-state index contributed by atoms with van der Waals surface area (Å²) in [4.78, 5) is 11.3. The Labute approximate surface area is 108 Å². The molecule has 0 fully saturated rings. The van der Waals surface area contributed by atoms with Gasteiger partial charge in [0.1, 0.15) is 0 Å². The topological polar surface area (TPSA) is 119 Å². The van der Waals surface area contributed by atoms with Crippen molar-refractivity contribution in [1.82, 2.24) is 9.62 Å². The summed E-state index contributed by atoms with van der Waals surface area (Å²) in [7, 11) is -2.15. The van der Waals surface area contributed by atoms with Crippen LogP contribution in [0.5, 0.6) is 0 Å². The lowest BCUT2D eigenvalue weighted by atomic mass is 10.2. The lowest BCUT2D eigenvalue weighted by Crippen LogP contribution is -2.34. The number of hydrogen-bond acceptors (Lipinski definition) is 4. The molecule has 7 nitrogen and oxygen atoms in total. The molecule has 106 valence electrons. The molecule has 0 rings (SSSR count). The van der Waals surface area contributed by atoms with E-state index < -0.39 is 10.2 Å². The smallest absolute Gasteiger partial charge is 0.276 e. The lowest BCUT2D eigenvalue weighted by molar-refractivity contribution is -0.117. The Hall–Kier alpha value is -0.960. The zero-order chi connectivity index (χ0) is 14.2. The normalized spacial score (nSPS) is 11.6. The summed E-state index contributed by atoms with van der Waals surface area (Å²) in [6.45, 7) is 4.56. The third-order valence-electron chi connectivity index (χ3n) is 2.44. The van der Waals surface area contributed by atoms with Gasteiger partial charge in [-0.1, -0.05) is 13.0 Å². The first-order valence-corrected chi connectivity index (χ1v) is 7.19. The second-order valence-corrected chi connectivity index (χ2v) is 5.64. The fraction of sp³-hybridized carbons (Fsp3) is 0.700. The molecule has 0 aliphatic rings. The van der Waals surface area contributed by atoms with Gasteiger partial charge in [0, 0.05) is 32.3 Å². The fourth-order valence-corrected chi connectivity index (χ4v) is 1.57. The highest BCUT2D eigenvalue weighted by Gasteiger charge is 2.10. The molecule has 0 aromatic rings. The maximum absolute atomic E-state index is 11.3. The van der Waals surface area contributed by atoms with Crippen molar-refractivity contribution in [3.8, 4) is 0 Å². The highest BCUT2D eigenvalue weighted by molar-refractivity contribution is 7.86. The summed E-state index contributed by atoms with van der Waals surface area (Å²) in [5, 5.41) is 7.60. The van der Waals surface area contributed by atoms with Crippen molar-refractivity contribution in [2.24, 2.45) is 10.9 Å². The third-order valence-corrected chi connectivity index (χ3v) is 3.49. The Bertz CT molecular complexity index is 381. The van der Waals surface area contributed by atoms with Gasteiger partial charge in [-0.15, -0.1) is 0 Å². The van der Waals surface area contributed by atoms with Gasteiger partial charge in [0.2, 0.25) is 5.91 Å². The standard InChI is InChI=1S/C10H22N4O3S/c1-9(8-11)10(15)13-6-4-3-5-7-14(2)18(12,16)17/h1,3-8,11H2,2H3,(H,13,15)(H2,12,16,17). The van der Waals surface area contributed by atoms with E-state index in [4.69, 9.17) is 10.9 Å². The van der Waals surface area contributed by atoms with Gasteiger partial charge in [0.15, 0.2) is 0 Å². The summed E-state index contributed by atoms with van der Waals surface area (Å²) >= 11 is 0. The van der Waals surface area contributed by atoms with Crippen molar-refractivity contribution in [3.05, 3.63) is 12.2 Å². The quantitative estimate of drug-likeness (QED) is 0.367. The molecule has 0 aromatic carbocycles. The fourth-order valence-electron chi connectivity index (χ4n) is 1.18. The van der Waals surface area contributed by atoms with Gasteiger partial charge in [-0.2, -0.15) is 12.7 Å². The molecule has 0 spiro atoms. The summed E-state index contributed by atoms with van der Waals surface area (Å²) in [5.41, 5.74) is 5.62. The van der Waals surface area contributed by atoms with Crippen molar-refractivity contribution in [1.29, 1.82) is 0 Å². The van der Waals surface area contributed by atoms with Gasteiger partial charge in [0.25, 0.3) is 10.2 Å². The van der Waals surface area contributed by atoms with Crippen LogP contribution in [-0.4, -0.2) is 45.3 Å². The zero-order valence-electron chi connectivity index (χ0n) is 10.7. The number of carbonyl (C=O) groups excluding carboxylic acids is 1. The van der Waals surface area contributed by atoms with E-state index >= 15 is 0 Å². The Balaban J connectivity index is 3.59. The van der Waals surface area contributed by atoms with Crippen molar-refractivity contribution in [2.45, 2.75) is 19.3 Å². The van der Waals surface area contributed by atoms with Gasteiger partial charge < -0.3 is 11.1 Å². The average Bonchev–Trinajstić information content (AvgIpc) is 2.30. The predicted molar refractivity (Wildman–Crippen MR) is 70.8 cm³/mol. The van der Waals surface area contributed by atoms with Crippen molar-refractivity contribution >= 4 is 16.1 Å². The van der Waals surface area contributed by atoms with E-state index in [0.717, 1.165) is 17.1 Å². The van der Waals surface area contributed by atoms with Crippen LogP contribution in [0, 0.1) is 0 Å². The molecular weight excluding hydrogens is 256 g/mol. The minimum atomic E-state index is -3.59. The highest BCUT2D eigenvalue weighted by atomic mass is 32.2. The maximum Gasteiger partial charge on any atom is 0.276 e. The SMILES string of the molecule is C=C(CN)C(=O)NCCCCCN(C)S(N)(=O)=O. The van der Waals surface area contributed by atoms with Gasteiger partial charge in [0.05, 0.1) is 0 Å². The number of amides is 1. The molecule has 0 radical (unpaired) electrons. The Kier molecular flexibility index (Phi) is 7.76. The van der Waals surface area contributed by atoms with Crippen LogP contribution in [0.2, 0.25) is 0 Å². The van der Waals surface area contributed by atoms with E-state index in [1.807, 2.05) is 0 Å². The molecule has 5 N–H and O–H groups in total. The molecule has 8 heteroatoms. The maximum atomic E-state index is 11.3. The number of nitrogens with two attached hydrogens (primary N) is 2. The number of hydrogen-bond donors (Lipinski definition) is 3. The van der Waals surface area contributed by atoms with E-state index in [1.165, 1.54) is 7.05 Å². The Morgan fingerprint density at radius 1 is 1.33 bits per heavy atom. The molecule has 1 amide bonds. The molecule has 0 aromatic heterocycles. The summed E-state index contributed by atoms with van der Waals surface area (Å²) in [6, 6.07) is 0. The second kappa shape index (κ2) is 8.20. The summed E-state index contributed by atoms with van der Waals surface area (Å²) in [5.74, 6) is -0.237. The van der Waals surface area contributed by atoms with E-state index in [2.05, 4.69) is 11.9 Å². The molecule has 18 heavy (non-hydrogen) atoms. The van der Waals surface area contributed by atoms with Crippen LogP contribution in [0.15, 0.2) is 12.2 Å². The van der Waals surface area contributed by atoms with E-state index in [0.29, 0.717) is 25.1 Å². The molecule has 0 aliphatic carbocycles. The van der Waals surface area contributed by atoms with Crippen LogP contribution in [-0.2, 0) is 15.0 Å². The van der Waals surface area contributed by atoms with Gasteiger partial charge in [-0.25, -0.2) is 5.14 Å². The first-order valence-electron chi connectivity index (χ1n) is 5.69. The van der Waals surface area contributed by atoms with Crippen LogP contribution >= 0.6 is 0 Å². The first kappa shape index (κ1) is 17.0. The summed E-state index contributed by atoms with van der Waals surface area (Å²) in [6.07, 6.45) is 2.26. The number of carbonyl (C=O) groups is 1. The Morgan fingerprint density at radius 2 is 1.94 bits per heavy atom. The number of nitrogens with zero attached hydrogens (tertiary/aromatic N) is 1. The monoisotopic (exact) mass is 278 g/mol. The lowest BCUT2D eigenvalue weighted by Gasteiger charge is -2.13. The molecule has 0 saturated heterocycles. The van der Waals surface area contributed by atoms with Gasteiger partial charge in [-0.05, 0) is 12.8 Å². The number of rotatable bonds is 9. The highest BCUT2D eigenvalue weighted by Crippen LogP contribution is 1.99. The van der Waals surface area contributed by atoms with E-state index in [-0.39, 0.29) is 12.5 Å². The average molecular weight is 278 g/mol. The minimum Gasteiger partial charge on any atom is -0.352 e. The molecule has 0 unspecified atom stereocenters. The van der Waals surface area contributed by atoms with Crippen molar-refractivity contribution < 1.29 is 13.2 Å². The van der Waals surface area contributed by atoms with Crippen LogP contribution < -0.4 is 16.2 Å². The van der Waals surface area contributed by atoms with Gasteiger partial charge in [-0.3, -0.25) is 4.79 Å². The Morgan fingerprint density at radius 3 is 2.44 bits per heavy atom. The zero-order valence-corrected chi connectivity index (χ0v) is 11.5. The molecular formula is C10H22N4O3S. The summed E-state index contributed by atoms with van der Waals surface area (Å²) < 4.78 is 22.8. The minimum absolute atomic E-state index is 0.144. The largest absolute Gasteiger partial charge is 0.352 e. The van der Waals surface area contributed by atoms with Crippen LogP contribution in [0.4, 0.5) is 0 Å². The molecule has 0 atom stereocenters. The molecule has 0 saturated carbocycles. The second-order valence-electron chi connectivity index (χ2n) is 3.99. The third kappa shape index (κ3) is 7.38. The van der Waals surface area contributed by atoms with Crippen molar-refractivity contribution in [3.63, 3.8) is 0 Å². The number of nitrogens with one attached hydrogen (secondary N) is 1. The van der Waals surface area contributed by atoms with Gasteiger partial charge >= 0.3 is 0 Å². The molecule has 0 aliphatic heterocycles. The predicted octanol–water partition coefficient (Wildman–Crippen LogP) is -1.08.